The van der Waals surface area contributed by atoms with Crippen molar-refractivity contribution in [1.82, 2.24) is 0 Å². The molecule has 0 aromatic carbocycles. The van der Waals surface area contributed by atoms with Crippen LogP contribution in [0.15, 0.2) is 0 Å². The van der Waals surface area contributed by atoms with Crippen LogP contribution in [-0.4, -0.2) is 50.2 Å². The van der Waals surface area contributed by atoms with Gasteiger partial charge in [0.1, 0.15) is 11.5 Å². The first-order valence-corrected chi connectivity index (χ1v) is 7.42. The van der Waals surface area contributed by atoms with E-state index in [0.29, 0.717) is 26.1 Å². The first-order valence-electron chi connectivity index (χ1n) is 6.98. The van der Waals surface area contributed by atoms with E-state index in [-0.39, 0.29) is 19.6 Å². The van der Waals surface area contributed by atoms with Crippen LogP contribution in [0.4, 0.5) is 13.2 Å². The minimum atomic E-state index is -4.34. The molecule has 3 rings (SSSR count). The van der Waals surface area contributed by atoms with Gasteiger partial charge in [0.15, 0.2) is 0 Å². The van der Waals surface area contributed by atoms with Crippen LogP contribution in [0, 0.1) is 11.3 Å². The van der Waals surface area contributed by atoms with E-state index in [1.807, 2.05) is 0 Å². The maximum atomic E-state index is 13.9. The molecule has 0 aromatic heterocycles. The van der Waals surface area contributed by atoms with Gasteiger partial charge in [-0.05, 0) is 19.3 Å². The van der Waals surface area contributed by atoms with Crippen molar-refractivity contribution in [3.63, 3.8) is 0 Å². The Labute approximate surface area is 120 Å². The van der Waals surface area contributed by atoms with Crippen molar-refractivity contribution >= 4 is 11.6 Å². The van der Waals surface area contributed by atoms with Gasteiger partial charge in [-0.2, -0.15) is 13.2 Å². The molecule has 3 saturated heterocycles. The van der Waals surface area contributed by atoms with Gasteiger partial charge in [0.25, 0.3) is 0 Å². The molecule has 116 valence electrons. The summed E-state index contributed by atoms with van der Waals surface area (Å²) in [4.78, 5) is 0. The summed E-state index contributed by atoms with van der Waals surface area (Å²) in [5.41, 5.74) is -1.88. The van der Waals surface area contributed by atoms with Gasteiger partial charge in [0.2, 0.25) is 0 Å². The second kappa shape index (κ2) is 5.30. The van der Waals surface area contributed by atoms with Gasteiger partial charge in [-0.3, -0.25) is 0 Å². The number of halogens is 4. The van der Waals surface area contributed by atoms with E-state index in [0.717, 1.165) is 0 Å². The highest BCUT2D eigenvalue weighted by Crippen LogP contribution is 2.57. The van der Waals surface area contributed by atoms with Gasteiger partial charge < -0.3 is 14.2 Å². The summed E-state index contributed by atoms with van der Waals surface area (Å²) in [6, 6.07) is 0. The number of hydrogen-bond donors (Lipinski definition) is 0. The standard InChI is InChI=1S/C13H18ClF3O3/c14-9-2-5-19-10(9)11-12(3-6-20-11,13(15,16)17)8-1-4-18-7-8/h8-11H,1-7H2. The van der Waals surface area contributed by atoms with Crippen LogP contribution in [0.3, 0.4) is 0 Å². The molecule has 0 aromatic rings. The molecule has 3 heterocycles. The Kier molecular flexibility index (Phi) is 3.95. The van der Waals surface area contributed by atoms with Crippen molar-refractivity contribution in [1.29, 1.82) is 0 Å². The molecule has 3 aliphatic heterocycles. The zero-order chi connectivity index (χ0) is 14.4. The Morgan fingerprint density at radius 1 is 1.05 bits per heavy atom. The Morgan fingerprint density at radius 3 is 2.40 bits per heavy atom. The average Bonchev–Trinajstić information content (AvgIpc) is 3.05. The average molecular weight is 315 g/mol. The van der Waals surface area contributed by atoms with Crippen LogP contribution in [0.25, 0.3) is 0 Å². The minimum Gasteiger partial charge on any atom is -0.381 e. The van der Waals surface area contributed by atoms with Crippen molar-refractivity contribution < 1.29 is 27.4 Å². The quantitative estimate of drug-likeness (QED) is 0.734. The van der Waals surface area contributed by atoms with Crippen LogP contribution in [-0.2, 0) is 14.2 Å². The lowest BCUT2D eigenvalue weighted by atomic mass is 9.67. The van der Waals surface area contributed by atoms with E-state index in [1.54, 1.807) is 0 Å². The van der Waals surface area contributed by atoms with E-state index < -0.39 is 35.1 Å². The second-order valence-corrected chi connectivity index (χ2v) is 6.34. The molecular weight excluding hydrogens is 297 g/mol. The van der Waals surface area contributed by atoms with Gasteiger partial charge >= 0.3 is 6.18 Å². The predicted octanol–water partition coefficient (Wildman–Crippen LogP) is 2.76. The lowest BCUT2D eigenvalue weighted by Gasteiger charge is -2.42. The van der Waals surface area contributed by atoms with Crippen LogP contribution in [0.5, 0.6) is 0 Å². The molecule has 0 bridgehead atoms. The van der Waals surface area contributed by atoms with E-state index in [4.69, 9.17) is 25.8 Å². The van der Waals surface area contributed by atoms with E-state index in [9.17, 15) is 13.2 Å². The third-order valence-electron chi connectivity index (χ3n) is 4.87. The fraction of sp³-hybridized carbons (Fsp3) is 1.00. The lowest BCUT2D eigenvalue weighted by molar-refractivity contribution is -0.269. The summed E-state index contributed by atoms with van der Waals surface area (Å²) in [5.74, 6) is -0.567. The van der Waals surface area contributed by atoms with Crippen molar-refractivity contribution in [2.24, 2.45) is 11.3 Å². The van der Waals surface area contributed by atoms with E-state index in [2.05, 4.69) is 0 Å². The Morgan fingerprint density at radius 2 is 1.85 bits per heavy atom. The molecule has 20 heavy (non-hydrogen) atoms. The van der Waals surface area contributed by atoms with Crippen LogP contribution < -0.4 is 0 Å². The number of hydrogen-bond acceptors (Lipinski definition) is 3. The smallest absolute Gasteiger partial charge is 0.381 e. The maximum Gasteiger partial charge on any atom is 0.397 e. The van der Waals surface area contributed by atoms with E-state index in [1.165, 1.54) is 0 Å². The molecule has 3 aliphatic rings. The molecule has 3 nitrogen and oxygen atoms in total. The van der Waals surface area contributed by atoms with E-state index >= 15 is 0 Å². The van der Waals surface area contributed by atoms with Crippen LogP contribution in [0.2, 0.25) is 0 Å². The fourth-order valence-electron chi connectivity index (χ4n) is 3.81. The van der Waals surface area contributed by atoms with Gasteiger partial charge in [-0.1, -0.05) is 0 Å². The Balaban J connectivity index is 1.94. The van der Waals surface area contributed by atoms with Crippen molar-refractivity contribution in [3.05, 3.63) is 0 Å². The first kappa shape index (κ1) is 14.9. The molecule has 0 amide bonds. The fourth-order valence-corrected chi connectivity index (χ4v) is 4.10. The van der Waals surface area contributed by atoms with Gasteiger partial charge in [-0.25, -0.2) is 0 Å². The van der Waals surface area contributed by atoms with Gasteiger partial charge in [-0.15, -0.1) is 11.6 Å². The molecule has 0 spiro atoms. The molecule has 5 unspecified atom stereocenters. The highest BCUT2D eigenvalue weighted by molar-refractivity contribution is 6.21. The maximum absolute atomic E-state index is 13.9. The summed E-state index contributed by atoms with van der Waals surface area (Å²) in [5, 5.41) is -0.415. The molecule has 0 radical (unpaired) electrons. The minimum absolute atomic E-state index is 0.0291. The summed E-state index contributed by atoms with van der Waals surface area (Å²) in [6.07, 6.45) is -5.07. The second-order valence-electron chi connectivity index (χ2n) is 5.78. The molecule has 7 heteroatoms. The molecular formula is C13H18ClF3O3. The molecule has 3 fully saturated rings. The van der Waals surface area contributed by atoms with Crippen LogP contribution in [0.1, 0.15) is 19.3 Å². The Bertz CT molecular complexity index is 359. The topological polar surface area (TPSA) is 27.7 Å². The van der Waals surface area contributed by atoms with Crippen molar-refractivity contribution in [2.45, 2.75) is 43.0 Å². The van der Waals surface area contributed by atoms with Crippen LogP contribution >= 0.6 is 11.6 Å². The summed E-state index contributed by atoms with van der Waals surface area (Å²) < 4.78 is 57.7. The monoisotopic (exact) mass is 314 g/mol. The number of rotatable bonds is 2. The van der Waals surface area contributed by atoms with Crippen molar-refractivity contribution in [2.75, 3.05) is 26.4 Å². The zero-order valence-electron chi connectivity index (χ0n) is 11.0. The normalized spacial score (nSPS) is 46.2. The summed E-state index contributed by atoms with van der Waals surface area (Å²) in [6.45, 7) is 1.02. The summed E-state index contributed by atoms with van der Waals surface area (Å²) in [7, 11) is 0. The third kappa shape index (κ3) is 2.16. The number of alkyl halides is 4. The Hall–Kier alpha value is -0.0400. The lowest BCUT2D eigenvalue weighted by Crippen LogP contribution is -2.55. The first-order chi connectivity index (χ1) is 9.47. The predicted molar refractivity (Wildman–Crippen MR) is 65.8 cm³/mol. The van der Waals surface area contributed by atoms with Gasteiger partial charge in [0.05, 0.1) is 18.1 Å². The SMILES string of the molecule is FC(F)(F)C1(C2CCOC2)CCOC1C1OCCC1Cl. The highest BCUT2D eigenvalue weighted by atomic mass is 35.5. The summed E-state index contributed by atoms with van der Waals surface area (Å²) >= 11 is 6.14. The largest absolute Gasteiger partial charge is 0.397 e. The van der Waals surface area contributed by atoms with Crippen molar-refractivity contribution in [3.8, 4) is 0 Å². The number of ether oxygens (including phenoxy) is 3. The third-order valence-corrected chi connectivity index (χ3v) is 5.33. The molecule has 0 N–H and O–H groups in total. The molecule has 0 aliphatic carbocycles. The molecule has 0 saturated carbocycles. The molecule has 5 atom stereocenters. The van der Waals surface area contributed by atoms with Gasteiger partial charge in [0, 0.05) is 25.7 Å². The highest BCUT2D eigenvalue weighted by Gasteiger charge is 2.68. The zero-order valence-corrected chi connectivity index (χ0v) is 11.8.